The molecule has 0 spiro atoms. The normalized spacial score (nSPS) is 11.0. The number of carbonyl (C=O) groups is 1. The first-order valence-corrected chi connectivity index (χ1v) is 8.69. The van der Waals surface area contributed by atoms with Gasteiger partial charge in [0.05, 0.1) is 13.1 Å². The Bertz CT molecular complexity index is 856. The number of imidazole rings is 1. The molecule has 0 bridgehead atoms. The molecule has 0 radical (unpaired) electrons. The zero-order valence-corrected chi connectivity index (χ0v) is 14.3. The SMILES string of the molecule is Nc1n(CCCCCC(=O)O)c2ccccc2[n+]1Cc1ccccc1. The molecular weight excluding hydrogens is 314 g/mol. The predicted molar refractivity (Wildman–Crippen MR) is 98.2 cm³/mol. The number of nitrogens with zero attached hydrogens (tertiary/aromatic N) is 2. The molecule has 0 aliphatic rings. The van der Waals surface area contributed by atoms with E-state index < -0.39 is 5.97 Å². The number of nitrogens with two attached hydrogens (primary N) is 1. The standard InChI is InChI=1S/C20H23N3O2/c21-20-22(14-8-2-5-13-19(24)25)17-11-6-7-12-18(17)23(20)15-16-9-3-1-4-10-16/h1,3-4,6-7,9-12,21H,2,5,8,13-15H2,(H,24,25)/p+1. The number of fused-ring (bicyclic) bond motifs is 1. The third kappa shape index (κ3) is 3.99. The fourth-order valence-corrected chi connectivity index (χ4v) is 3.20. The van der Waals surface area contributed by atoms with Crippen molar-refractivity contribution in [2.75, 3.05) is 5.73 Å². The van der Waals surface area contributed by atoms with Crippen molar-refractivity contribution in [3.63, 3.8) is 0 Å². The van der Waals surface area contributed by atoms with Crippen molar-refractivity contribution in [1.29, 1.82) is 0 Å². The van der Waals surface area contributed by atoms with Gasteiger partial charge in [0.1, 0.15) is 11.0 Å². The molecule has 0 saturated carbocycles. The zero-order chi connectivity index (χ0) is 17.6. The molecule has 5 nitrogen and oxygen atoms in total. The van der Waals surface area contributed by atoms with Gasteiger partial charge in [0.15, 0.2) is 0 Å². The molecule has 1 aromatic heterocycles. The highest BCUT2D eigenvalue weighted by Crippen LogP contribution is 2.18. The van der Waals surface area contributed by atoms with Crippen LogP contribution in [0.4, 0.5) is 5.95 Å². The molecule has 0 unspecified atom stereocenters. The average Bonchev–Trinajstić information content (AvgIpc) is 2.88. The van der Waals surface area contributed by atoms with Crippen LogP contribution in [0.3, 0.4) is 0 Å². The topological polar surface area (TPSA) is 72.1 Å². The van der Waals surface area contributed by atoms with E-state index in [1.54, 1.807) is 0 Å². The number of anilines is 1. The quantitative estimate of drug-likeness (QED) is 0.489. The second-order valence-electron chi connectivity index (χ2n) is 6.27. The first-order chi connectivity index (χ1) is 12.2. The molecule has 0 atom stereocenters. The minimum atomic E-state index is -0.730. The Morgan fingerprint density at radius 3 is 2.48 bits per heavy atom. The van der Waals surface area contributed by atoms with Crippen molar-refractivity contribution in [3.8, 4) is 0 Å². The summed E-state index contributed by atoms with van der Waals surface area (Å²) in [5.41, 5.74) is 9.91. The summed E-state index contributed by atoms with van der Waals surface area (Å²) in [6, 6.07) is 18.5. The lowest BCUT2D eigenvalue weighted by Crippen LogP contribution is -2.37. The molecule has 3 N–H and O–H groups in total. The largest absolute Gasteiger partial charge is 0.481 e. The van der Waals surface area contributed by atoms with E-state index in [1.807, 2.05) is 30.3 Å². The summed E-state index contributed by atoms with van der Waals surface area (Å²) < 4.78 is 4.28. The lowest BCUT2D eigenvalue weighted by molar-refractivity contribution is -0.648. The summed E-state index contributed by atoms with van der Waals surface area (Å²) >= 11 is 0. The summed E-state index contributed by atoms with van der Waals surface area (Å²) in [6.07, 6.45) is 2.74. The number of nitrogen functional groups attached to an aromatic ring is 1. The fraction of sp³-hybridized carbons (Fsp3) is 0.300. The minimum Gasteiger partial charge on any atom is -0.481 e. The van der Waals surface area contributed by atoms with Crippen molar-refractivity contribution in [1.82, 2.24) is 4.57 Å². The Kier molecular flexibility index (Phi) is 5.33. The van der Waals surface area contributed by atoms with Gasteiger partial charge in [-0.05, 0) is 37.0 Å². The number of hydrogen-bond acceptors (Lipinski definition) is 2. The smallest absolute Gasteiger partial charge is 0.356 e. The maximum absolute atomic E-state index is 10.6. The van der Waals surface area contributed by atoms with E-state index in [0.29, 0.717) is 6.42 Å². The van der Waals surface area contributed by atoms with Gasteiger partial charge in [0.2, 0.25) is 0 Å². The van der Waals surface area contributed by atoms with Gasteiger partial charge in [-0.3, -0.25) is 10.5 Å². The zero-order valence-electron chi connectivity index (χ0n) is 14.3. The van der Waals surface area contributed by atoms with Crippen molar-refractivity contribution in [3.05, 3.63) is 60.2 Å². The third-order valence-corrected chi connectivity index (χ3v) is 4.47. The molecule has 0 fully saturated rings. The van der Waals surface area contributed by atoms with Crippen LogP contribution in [0.25, 0.3) is 11.0 Å². The number of hydrogen-bond donors (Lipinski definition) is 2. The Morgan fingerprint density at radius 1 is 1.00 bits per heavy atom. The molecule has 130 valence electrons. The van der Waals surface area contributed by atoms with Gasteiger partial charge in [-0.1, -0.05) is 42.5 Å². The highest BCUT2D eigenvalue weighted by molar-refractivity contribution is 5.73. The number of unbranched alkanes of at least 4 members (excludes halogenated alkanes) is 2. The molecule has 3 aromatic rings. The number of aromatic nitrogens is 2. The van der Waals surface area contributed by atoms with Gasteiger partial charge in [-0.2, -0.15) is 0 Å². The number of aliphatic carboxylic acids is 1. The van der Waals surface area contributed by atoms with Crippen LogP contribution in [0.5, 0.6) is 0 Å². The van der Waals surface area contributed by atoms with Crippen LogP contribution >= 0.6 is 0 Å². The van der Waals surface area contributed by atoms with E-state index in [2.05, 4.69) is 33.4 Å². The molecule has 0 aliphatic carbocycles. The lowest BCUT2D eigenvalue weighted by atomic mass is 10.2. The number of carboxylic acids is 1. The van der Waals surface area contributed by atoms with Crippen LogP contribution in [0, 0.1) is 0 Å². The maximum atomic E-state index is 10.6. The van der Waals surface area contributed by atoms with Crippen molar-refractivity contribution < 1.29 is 14.5 Å². The second kappa shape index (κ2) is 7.83. The maximum Gasteiger partial charge on any atom is 0.356 e. The summed E-state index contributed by atoms with van der Waals surface area (Å²) in [4.78, 5) is 10.6. The van der Waals surface area contributed by atoms with Gasteiger partial charge < -0.3 is 5.11 Å². The van der Waals surface area contributed by atoms with Crippen LogP contribution in [-0.2, 0) is 17.9 Å². The lowest BCUT2D eigenvalue weighted by Gasteiger charge is -2.03. The highest BCUT2D eigenvalue weighted by atomic mass is 16.4. The molecule has 1 heterocycles. The van der Waals surface area contributed by atoms with Crippen molar-refractivity contribution in [2.24, 2.45) is 0 Å². The predicted octanol–water partition coefficient (Wildman–Crippen LogP) is 3.20. The second-order valence-corrected chi connectivity index (χ2v) is 6.27. The van der Waals surface area contributed by atoms with Crippen LogP contribution in [0.15, 0.2) is 54.6 Å². The summed E-state index contributed by atoms with van der Waals surface area (Å²) in [5.74, 6) is 0.00918. The Balaban J connectivity index is 1.81. The van der Waals surface area contributed by atoms with Crippen LogP contribution in [0.2, 0.25) is 0 Å². The molecule has 3 rings (SSSR count). The Hall–Kier alpha value is -2.82. The molecule has 0 aliphatic heterocycles. The van der Waals surface area contributed by atoms with Gasteiger partial charge in [0, 0.05) is 6.42 Å². The van der Waals surface area contributed by atoms with Gasteiger partial charge in [-0.15, -0.1) is 0 Å². The van der Waals surface area contributed by atoms with E-state index in [4.69, 9.17) is 10.8 Å². The Morgan fingerprint density at radius 2 is 1.72 bits per heavy atom. The van der Waals surface area contributed by atoms with E-state index in [1.165, 1.54) is 5.56 Å². The average molecular weight is 338 g/mol. The van der Waals surface area contributed by atoms with Crippen molar-refractivity contribution >= 4 is 23.0 Å². The Labute approximate surface area is 147 Å². The monoisotopic (exact) mass is 338 g/mol. The van der Waals surface area contributed by atoms with Crippen LogP contribution < -0.4 is 10.3 Å². The third-order valence-electron chi connectivity index (χ3n) is 4.47. The van der Waals surface area contributed by atoms with Crippen LogP contribution in [-0.4, -0.2) is 15.6 Å². The van der Waals surface area contributed by atoms with E-state index in [9.17, 15) is 4.79 Å². The number of carboxylic acid groups (broad SMARTS) is 1. The van der Waals surface area contributed by atoms with E-state index in [0.717, 1.165) is 42.9 Å². The number of benzene rings is 2. The number of aryl methyl sites for hydroxylation is 1. The number of para-hydroxylation sites is 2. The molecule has 2 aromatic carbocycles. The molecule has 25 heavy (non-hydrogen) atoms. The van der Waals surface area contributed by atoms with Gasteiger partial charge >= 0.3 is 11.9 Å². The highest BCUT2D eigenvalue weighted by Gasteiger charge is 2.20. The van der Waals surface area contributed by atoms with Gasteiger partial charge in [0.25, 0.3) is 0 Å². The molecule has 0 amide bonds. The first kappa shape index (κ1) is 17.0. The molecule has 5 heteroatoms. The van der Waals surface area contributed by atoms with E-state index in [-0.39, 0.29) is 6.42 Å². The summed E-state index contributed by atoms with van der Waals surface area (Å²) in [5, 5.41) is 8.73. The number of rotatable bonds is 8. The minimum absolute atomic E-state index is 0.232. The molecular formula is C20H24N3O2+. The molecule has 0 saturated heterocycles. The summed E-state index contributed by atoms with van der Waals surface area (Å²) in [7, 11) is 0. The van der Waals surface area contributed by atoms with E-state index >= 15 is 0 Å². The first-order valence-electron chi connectivity index (χ1n) is 8.69. The van der Waals surface area contributed by atoms with Crippen molar-refractivity contribution in [2.45, 2.75) is 38.8 Å². The summed E-state index contributed by atoms with van der Waals surface area (Å²) in [6.45, 7) is 1.53. The fourth-order valence-electron chi connectivity index (χ4n) is 3.20. The van der Waals surface area contributed by atoms with Gasteiger partial charge in [-0.25, -0.2) is 9.13 Å². The van der Waals surface area contributed by atoms with Crippen LogP contribution in [0.1, 0.15) is 31.2 Å².